The second kappa shape index (κ2) is 10.9. The molecule has 0 heterocycles. The minimum absolute atomic E-state index is 0.0709. The van der Waals surface area contributed by atoms with Crippen LogP contribution in [-0.2, 0) is 16.6 Å². The van der Waals surface area contributed by atoms with Crippen LogP contribution in [0.1, 0.15) is 58.9 Å². The molecule has 3 rings (SSSR count). The van der Waals surface area contributed by atoms with E-state index in [1.165, 1.54) is 10.6 Å². The van der Waals surface area contributed by atoms with Gasteiger partial charge in [-0.05, 0) is 66.6 Å². The Labute approximate surface area is 203 Å². The summed E-state index contributed by atoms with van der Waals surface area (Å²) in [6.45, 7) is 8.32. The van der Waals surface area contributed by atoms with Gasteiger partial charge in [-0.1, -0.05) is 68.4 Å². The summed E-state index contributed by atoms with van der Waals surface area (Å²) in [7, 11) is -3.49. The molecule has 0 aliphatic heterocycles. The Kier molecular flexibility index (Phi) is 8.15. The highest BCUT2D eigenvalue weighted by atomic mass is 32.2. The van der Waals surface area contributed by atoms with Crippen LogP contribution in [0.5, 0.6) is 0 Å². The molecule has 6 heteroatoms. The molecular formula is C28H34N2O3S. The SMILES string of the molecule is Cc1ccc(C)c(N(Cc2ccc(C(=O)N[C@H](CC(C)C)c3ccccc3)cc2)S(C)(=O)=O)c1. The highest BCUT2D eigenvalue weighted by molar-refractivity contribution is 7.92. The van der Waals surface area contributed by atoms with Gasteiger partial charge in [0.05, 0.1) is 24.5 Å². The van der Waals surface area contributed by atoms with Crippen molar-refractivity contribution < 1.29 is 13.2 Å². The van der Waals surface area contributed by atoms with Crippen molar-refractivity contribution in [3.8, 4) is 0 Å². The van der Waals surface area contributed by atoms with E-state index in [4.69, 9.17) is 0 Å². The third kappa shape index (κ3) is 6.70. The summed E-state index contributed by atoms with van der Waals surface area (Å²) in [5.41, 5.74) is 5.00. The number of anilines is 1. The monoisotopic (exact) mass is 478 g/mol. The van der Waals surface area contributed by atoms with Crippen LogP contribution < -0.4 is 9.62 Å². The minimum atomic E-state index is -3.49. The topological polar surface area (TPSA) is 66.5 Å². The molecule has 3 aromatic rings. The zero-order valence-corrected chi connectivity index (χ0v) is 21.4. The first-order chi connectivity index (χ1) is 16.0. The van der Waals surface area contributed by atoms with Gasteiger partial charge in [0.2, 0.25) is 10.0 Å². The summed E-state index contributed by atoms with van der Waals surface area (Å²) in [5, 5.41) is 3.16. The number of nitrogens with zero attached hydrogens (tertiary/aromatic N) is 1. The summed E-state index contributed by atoms with van der Waals surface area (Å²) in [6.07, 6.45) is 2.06. The highest BCUT2D eigenvalue weighted by Crippen LogP contribution is 2.26. The average Bonchev–Trinajstić information content (AvgIpc) is 2.78. The molecule has 0 aromatic heterocycles. The molecule has 0 spiro atoms. The van der Waals surface area contributed by atoms with E-state index in [9.17, 15) is 13.2 Å². The lowest BCUT2D eigenvalue weighted by Gasteiger charge is -2.25. The number of nitrogens with one attached hydrogen (secondary N) is 1. The van der Waals surface area contributed by atoms with E-state index in [0.29, 0.717) is 17.2 Å². The first kappa shape index (κ1) is 25.5. The number of amides is 1. The third-order valence-corrected chi connectivity index (χ3v) is 6.92. The number of benzene rings is 3. The Bertz CT molecular complexity index is 1220. The maximum absolute atomic E-state index is 13.0. The molecule has 0 fully saturated rings. The second-order valence-corrected chi connectivity index (χ2v) is 11.2. The minimum Gasteiger partial charge on any atom is -0.345 e. The number of hydrogen-bond donors (Lipinski definition) is 1. The summed E-state index contributed by atoms with van der Waals surface area (Å²) >= 11 is 0. The Balaban J connectivity index is 1.79. The summed E-state index contributed by atoms with van der Waals surface area (Å²) < 4.78 is 26.6. The van der Waals surface area contributed by atoms with Crippen molar-refractivity contribution in [1.29, 1.82) is 0 Å². The van der Waals surface area contributed by atoms with E-state index in [-0.39, 0.29) is 18.5 Å². The molecule has 0 saturated carbocycles. The molecule has 180 valence electrons. The average molecular weight is 479 g/mol. The first-order valence-corrected chi connectivity index (χ1v) is 13.4. The van der Waals surface area contributed by atoms with Gasteiger partial charge in [0.1, 0.15) is 0 Å². The van der Waals surface area contributed by atoms with Gasteiger partial charge < -0.3 is 5.32 Å². The van der Waals surface area contributed by atoms with Gasteiger partial charge in [-0.3, -0.25) is 9.10 Å². The van der Waals surface area contributed by atoms with E-state index in [2.05, 4.69) is 19.2 Å². The lowest BCUT2D eigenvalue weighted by atomic mass is 9.96. The van der Waals surface area contributed by atoms with Gasteiger partial charge in [-0.25, -0.2) is 8.42 Å². The van der Waals surface area contributed by atoms with Gasteiger partial charge in [0.25, 0.3) is 5.91 Å². The molecule has 1 amide bonds. The van der Waals surface area contributed by atoms with Crippen LogP contribution in [0.25, 0.3) is 0 Å². The lowest BCUT2D eigenvalue weighted by molar-refractivity contribution is 0.0932. The number of sulfonamides is 1. The number of rotatable bonds is 9. The van der Waals surface area contributed by atoms with Crippen LogP contribution in [-0.4, -0.2) is 20.6 Å². The number of aryl methyl sites for hydroxylation is 2. The standard InChI is InChI=1S/C28H34N2O3S/c1-20(2)17-26(24-9-7-6-8-10-24)29-28(31)25-15-13-23(14-16-25)19-30(34(5,32)33)27-18-21(3)11-12-22(27)4/h6-16,18,20,26H,17,19H2,1-5H3,(H,29,31)/t26-/m1/s1. The summed E-state index contributed by atoms with van der Waals surface area (Å²) in [6, 6.07) is 22.8. The second-order valence-electron chi connectivity index (χ2n) is 9.32. The summed E-state index contributed by atoms with van der Waals surface area (Å²) in [4.78, 5) is 13.0. The molecule has 0 aliphatic carbocycles. The fourth-order valence-electron chi connectivity index (χ4n) is 3.97. The quantitative estimate of drug-likeness (QED) is 0.423. The van der Waals surface area contributed by atoms with Gasteiger partial charge >= 0.3 is 0 Å². The predicted octanol–water partition coefficient (Wildman–Crippen LogP) is 5.79. The zero-order valence-electron chi connectivity index (χ0n) is 20.6. The first-order valence-electron chi connectivity index (χ1n) is 11.5. The molecule has 0 aliphatic rings. The highest BCUT2D eigenvalue weighted by Gasteiger charge is 2.21. The molecule has 34 heavy (non-hydrogen) atoms. The van der Waals surface area contributed by atoms with E-state index in [1.807, 2.05) is 74.5 Å². The van der Waals surface area contributed by atoms with Gasteiger partial charge in [0.15, 0.2) is 0 Å². The predicted molar refractivity (Wildman–Crippen MR) is 139 cm³/mol. The largest absolute Gasteiger partial charge is 0.345 e. The van der Waals surface area contributed by atoms with Crippen LogP contribution >= 0.6 is 0 Å². The van der Waals surface area contributed by atoms with E-state index in [0.717, 1.165) is 28.7 Å². The normalized spacial score (nSPS) is 12.4. The fraction of sp³-hybridized carbons (Fsp3) is 0.321. The maximum atomic E-state index is 13.0. The molecule has 0 saturated heterocycles. The Morgan fingerprint density at radius 3 is 2.18 bits per heavy atom. The zero-order chi connectivity index (χ0) is 24.9. The Morgan fingerprint density at radius 1 is 0.941 bits per heavy atom. The number of carbonyl (C=O) groups excluding carboxylic acids is 1. The third-order valence-electron chi connectivity index (χ3n) is 5.79. The van der Waals surface area contributed by atoms with E-state index >= 15 is 0 Å². The van der Waals surface area contributed by atoms with Crippen LogP contribution in [0, 0.1) is 19.8 Å². The Morgan fingerprint density at radius 2 is 1.59 bits per heavy atom. The lowest BCUT2D eigenvalue weighted by Crippen LogP contribution is -2.30. The molecule has 0 bridgehead atoms. The van der Waals surface area contributed by atoms with E-state index < -0.39 is 10.0 Å². The molecule has 1 atom stereocenters. The van der Waals surface area contributed by atoms with Crippen molar-refractivity contribution in [2.24, 2.45) is 5.92 Å². The van der Waals surface area contributed by atoms with Crippen LogP contribution in [0.3, 0.4) is 0 Å². The maximum Gasteiger partial charge on any atom is 0.251 e. The fourth-order valence-corrected chi connectivity index (χ4v) is 4.91. The molecule has 3 aromatic carbocycles. The summed E-state index contributed by atoms with van der Waals surface area (Å²) in [5.74, 6) is 0.287. The number of carbonyl (C=O) groups is 1. The van der Waals surface area contributed by atoms with Crippen molar-refractivity contribution in [2.45, 2.75) is 46.7 Å². The number of hydrogen-bond acceptors (Lipinski definition) is 3. The molecule has 5 nitrogen and oxygen atoms in total. The molecule has 1 N–H and O–H groups in total. The Hall–Kier alpha value is -3.12. The van der Waals surface area contributed by atoms with Gasteiger partial charge in [-0.15, -0.1) is 0 Å². The van der Waals surface area contributed by atoms with E-state index in [1.54, 1.807) is 12.1 Å². The van der Waals surface area contributed by atoms with Crippen LogP contribution in [0.2, 0.25) is 0 Å². The molecule has 0 unspecified atom stereocenters. The molecule has 0 radical (unpaired) electrons. The van der Waals surface area contributed by atoms with Crippen molar-refractivity contribution in [1.82, 2.24) is 5.32 Å². The van der Waals surface area contributed by atoms with Crippen molar-refractivity contribution >= 4 is 21.6 Å². The van der Waals surface area contributed by atoms with Crippen molar-refractivity contribution in [3.63, 3.8) is 0 Å². The van der Waals surface area contributed by atoms with Crippen molar-refractivity contribution in [2.75, 3.05) is 10.6 Å². The smallest absolute Gasteiger partial charge is 0.251 e. The van der Waals surface area contributed by atoms with Crippen molar-refractivity contribution in [3.05, 3.63) is 101 Å². The van der Waals surface area contributed by atoms with Crippen LogP contribution in [0.15, 0.2) is 72.8 Å². The van der Waals surface area contributed by atoms with Gasteiger partial charge in [0, 0.05) is 5.56 Å². The molecular weight excluding hydrogens is 444 g/mol. The van der Waals surface area contributed by atoms with Gasteiger partial charge in [-0.2, -0.15) is 0 Å². The van der Waals surface area contributed by atoms with Crippen LogP contribution in [0.4, 0.5) is 5.69 Å².